The number of hydrogen-bond acceptors (Lipinski definition) is 8. The van der Waals surface area contributed by atoms with Crippen LogP contribution in [0.15, 0.2) is 70.7 Å². The van der Waals surface area contributed by atoms with Crippen molar-refractivity contribution >= 4 is 44.9 Å². The molecule has 12 heteroatoms. The lowest BCUT2D eigenvalue weighted by Gasteiger charge is -2.09. The van der Waals surface area contributed by atoms with Gasteiger partial charge in [0.2, 0.25) is 0 Å². The van der Waals surface area contributed by atoms with Crippen LogP contribution in [0.25, 0.3) is 0 Å². The average molecular weight is 491 g/mol. The van der Waals surface area contributed by atoms with E-state index in [4.69, 9.17) is 16.3 Å². The minimum Gasteiger partial charge on any atom is -0.504 e. The maximum absolute atomic E-state index is 12.6. The fourth-order valence-electron chi connectivity index (χ4n) is 2.71. The summed E-state index contributed by atoms with van der Waals surface area (Å²) in [6.45, 7) is 2.14. The van der Waals surface area contributed by atoms with Crippen LogP contribution in [0.5, 0.6) is 11.5 Å². The molecule has 0 unspecified atom stereocenters. The summed E-state index contributed by atoms with van der Waals surface area (Å²) in [5.41, 5.74) is 2.88. The minimum absolute atomic E-state index is 0.00879. The number of anilines is 2. The van der Waals surface area contributed by atoms with Gasteiger partial charge in [0.1, 0.15) is 5.69 Å². The normalized spacial score (nSPS) is 11.3. The molecule has 0 aliphatic heterocycles. The monoisotopic (exact) mass is 490 g/mol. The number of sulfonamides is 1. The zero-order valence-corrected chi connectivity index (χ0v) is 18.8. The van der Waals surface area contributed by atoms with Gasteiger partial charge in [-0.2, -0.15) is 5.10 Å². The van der Waals surface area contributed by atoms with Gasteiger partial charge in [-0.3, -0.25) is 20.3 Å². The molecule has 0 amide bonds. The Balaban J connectivity index is 1.81. The Morgan fingerprint density at radius 3 is 2.55 bits per heavy atom. The molecule has 0 aliphatic carbocycles. The van der Waals surface area contributed by atoms with Crippen molar-refractivity contribution in [2.45, 2.75) is 11.8 Å². The number of hydrogen-bond donors (Lipinski definition) is 3. The second kappa shape index (κ2) is 10.2. The molecule has 3 aromatic rings. The predicted molar refractivity (Wildman–Crippen MR) is 126 cm³/mol. The molecule has 3 rings (SSSR count). The van der Waals surface area contributed by atoms with Crippen LogP contribution in [0.1, 0.15) is 12.5 Å². The van der Waals surface area contributed by atoms with Crippen LogP contribution in [0.3, 0.4) is 0 Å². The quantitative estimate of drug-likeness (QED) is 0.226. The molecule has 0 atom stereocenters. The second-order valence-corrected chi connectivity index (χ2v) is 8.70. The van der Waals surface area contributed by atoms with E-state index in [1.165, 1.54) is 48.7 Å². The fourth-order valence-corrected chi connectivity index (χ4v) is 3.92. The summed E-state index contributed by atoms with van der Waals surface area (Å²) in [6, 6.07) is 13.9. The number of ether oxygens (including phenoxy) is 1. The number of benzene rings is 3. The SMILES string of the molecule is CCOc1cc(/C=N\Nc2ccc(S(=O)(=O)Nc3ccc(Cl)cc3)cc2[N+](=O)[O-])ccc1O. The molecule has 0 spiro atoms. The molecule has 0 saturated heterocycles. The van der Waals surface area contributed by atoms with E-state index in [2.05, 4.69) is 15.2 Å². The number of rotatable bonds is 9. The van der Waals surface area contributed by atoms with Gasteiger partial charge in [-0.15, -0.1) is 0 Å². The summed E-state index contributed by atoms with van der Waals surface area (Å²) in [4.78, 5) is 10.5. The van der Waals surface area contributed by atoms with Crippen LogP contribution in [-0.2, 0) is 10.0 Å². The van der Waals surface area contributed by atoms with Crippen LogP contribution in [-0.4, -0.2) is 31.3 Å². The Bertz CT molecular complexity index is 1300. The number of phenolic OH excluding ortho intramolecular Hbond substituents is 1. The molecule has 0 fully saturated rings. The highest BCUT2D eigenvalue weighted by Crippen LogP contribution is 2.29. The number of halogens is 1. The summed E-state index contributed by atoms with van der Waals surface area (Å²) < 4.78 is 32.9. The second-order valence-electron chi connectivity index (χ2n) is 6.58. The van der Waals surface area contributed by atoms with Crippen LogP contribution in [0.4, 0.5) is 17.1 Å². The van der Waals surface area contributed by atoms with Crippen molar-refractivity contribution in [1.82, 2.24) is 0 Å². The number of hydrazone groups is 1. The molecule has 3 N–H and O–H groups in total. The number of nitrogens with zero attached hydrogens (tertiary/aromatic N) is 2. The van der Waals surface area contributed by atoms with E-state index in [-0.39, 0.29) is 27.8 Å². The topological polar surface area (TPSA) is 143 Å². The molecule has 0 saturated carbocycles. The smallest absolute Gasteiger partial charge is 0.295 e. The van der Waals surface area contributed by atoms with E-state index in [1.807, 2.05) is 0 Å². The van der Waals surface area contributed by atoms with E-state index >= 15 is 0 Å². The van der Waals surface area contributed by atoms with Crippen LogP contribution < -0.4 is 14.9 Å². The summed E-state index contributed by atoms with van der Waals surface area (Å²) >= 11 is 5.79. The summed E-state index contributed by atoms with van der Waals surface area (Å²) in [7, 11) is -4.08. The number of nitrogens with one attached hydrogen (secondary N) is 2. The standard InChI is InChI=1S/C21H19ClN4O6S/c1-2-32-21-11-14(3-10-20(21)27)13-23-24-18-9-8-17(12-19(18)26(28)29)33(30,31)25-16-6-4-15(22)5-7-16/h3-13,24-25,27H,2H2,1H3/b23-13-. The predicted octanol–water partition coefficient (Wildman–Crippen LogP) is 4.60. The zero-order valence-electron chi connectivity index (χ0n) is 17.2. The highest BCUT2D eigenvalue weighted by Gasteiger charge is 2.21. The van der Waals surface area contributed by atoms with Crippen LogP contribution in [0, 0.1) is 10.1 Å². The molecule has 0 aromatic heterocycles. The molecule has 33 heavy (non-hydrogen) atoms. The largest absolute Gasteiger partial charge is 0.504 e. The molecule has 10 nitrogen and oxygen atoms in total. The van der Waals surface area contributed by atoms with E-state index in [0.717, 1.165) is 6.07 Å². The lowest BCUT2D eigenvalue weighted by atomic mass is 10.2. The molecule has 0 aliphatic rings. The van der Waals surface area contributed by atoms with Gasteiger partial charge in [-0.05, 0) is 67.1 Å². The van der Waals surface area contributed by atoms with E-state index in [9.17, 15) is 23.6 Å². The molecule has 172 valence electrons. The number of aromatic hydroxyl groups is 1. The van der Waals surface area contributed by atoms with Gasteiger partial charge in [0.05, 0.1) is 22.6 Å². The Morgan fingerprint density at radius 2 is 1.88 bits per heavy atom. The summed E-state index contributed by atoms with van der Waals surface area (Å²) in [5.74, 6) is 0.247. The third-order valence-corrected chi connectivity index (χ3v) is 5.89. The van der Waals surface area contributed by atoms with E-state index in [1.54, 1.807) is 19.1 Å². The van der Waals surface area contributed by atoms with Gasteiger partial charge in [0, 0.05) is 16.8 Å². The number of phenols is 1. The van der Waals surface area contributed by atoms with Crippen molar-refractivity contribution in [2.75, 3.05) is 16.8 Å². The third-order valence-electron chi connectivity index (χ3n) is 4.25. The first kappa shape index (κ1) is 23.8. The maximum Gasteiger partial charge on any atom is 0.295 e. The highest BCUT2D eigenvalue weighted by molar-refractivity contribution is 7.92. The first-order valence-corrected chi connectivity index (χ1v) is 11.4. The minimum atomic E-state index is -4.08. The summed E-state index contributed by atoms with van der Waals surface area (Å²) in [5, 5.41) is 25.7. The number of nitro groups is 1. The number of nitro benzene ring substituents is 1. The zero-order chi connectivity index (χ0) is 24.0. The molecule has 3 aromatic carbocycles. The molecule has 0 heterocycles. The van der Waals surface area contributed by atoms with Crippen molar-refractivity contribution in [3.8, 4) is 11.5 Å². The maximum atomic E-state index is 12.6. The lowest BCUT2D eigenvalue weighted by Crippen LogP contribution is -2.13. The third kappa shape index (κ3) is 6.11. The molecule has 0 bridgehead atoms. The first-order chi connectivity index (χ1) is 15.7. The van der Waals surface area contributed by atoms with Crippen molar-refractivity contribution in [1.29, 1.82) is 0 Å². The lowest BCUT2D eigenvalue weighted by molar-refractivity contribution is -0.384. The van der Waals surface area contributed by atoms with Crippen molar-refractivity contribution in [3.63, 3.8) is 0 Å². The van der Waals surface area contributed by atoms with E-state index < -0.39 is 20.6 Å². The van der Waals surface area contributed by atoms with Crippen molar-refractivity contribution in [3.05, 3.63) is 81.4 Å². The van der Waals surface area contributed by atoms with Crippen LogP contribution in [0.2, 0.25) is 5.02 Å². The molecular formula is C21H19ClN4O6S. The van der Waals surface area contributed by atoms with E-state index in [0.29, 0.717) is 17.2 Å². The molecule has 0 radical (unpaired) electrons. The molecular weight excluding hydrogens is 472 g/mol. The van der Waals surface area contributed by atoms with Gasteiger partial charge >= 0.3 is 0 Å². The Labute approximate surface area is 194 Å². The van der Waals surface area contributed by atoms with Gasteiger partial charge in [-0.1, -0.05) is 11.6 Å². The van der Waals surface area contributed by atoms with Crippen LogP contribution >= 0.6 is 11.6 Å². The average Bonchev–Trinajstić information content (AvgIpc) is 2.77. The fraction of sp³-hybridized carbons (Fsp3) is 0.0952. The Hall–Kier alpha value is -3.83. The Morgan fingerprint density at radius 1 is 1.15 bits per heavy atom. The Kier molecular flexibility index (Phi) is 7.36. The first-order valence-electron chi connectivity index (χ1n) is 9.51. The highest BCUT2D eigenvalue weighted by atomic mass is 35.5. The van der Waals surface area contributed by atoms with Gasteiger partial charge in [0.25, 0.3) is 15.7 Å². The summed E-state index contributed by atoms with van der Waals surface area (Å²) in [6.07, 6.45) is 1.37. The van der Waals surface area contributed by atoms with Gasteiger partial charge < -0.3 is 9.84 Å². The van der Waals surface area contributed by atoms with Gasteiger partial charge in [-0.25, -0.2) is 8.42 Å². The van der Waals surface area contributed by atoms with Gasteiger partial charge in [0.15, 0.2) is 11.5 Å². The van der Waals surface area contributed by atoms with Crippen molar-refractivity contribution in [2.24, 2.45) is 5.10 Å². The van der Waals surface area contributed by atoms with Crippen molar-refractivity contribution < 1.29 is 23.2 Å².